The Kier molecular flexibility index (Phi) is 3.27. The summed E-state index contributed by atoms with van der Waals surface area (Å²) in [5.74, 6) is 0.219. The lowest BCUT2D eigenvalue weighted by atomic mass is 9.70. The molecular weight excluding hydrogens is 282 g/mol. The predicted octanol–water partition coefficient (Wildman–Crippen LogP) is 3.97. The van der Waals surface area contributed by atoms with Crippen molar-refractivity contribution in [3.05, 3.63) is 39.9 Å². The SMILES string of the molecule is CC1(C)[C@@H]2CC[C@]1(C)[C@@H](OC(=O)c1ccc([N+](=O)[O-])cc1)C2. The number of ether oxygens (including phenoxy) is 1. The summed E-state index contributed by atoms with van der Waals surface area (Å²) in [4.78, 5) is 22.5. The van der Waals surface area contributed by atoms with Crippen LogP contribution >= 0.6 is 0 Å². The normalized spacial score (nSPS) is 32.0. The molecule has 0 N–H and O–H groups in total. The van der Waals surface area contributed by atoms with Crippen LogP contribution in [0.3, 0.4) is 0 Å². The van der Waals surface area contributed by atoms with Gasteiger partial charge in [-0.2, -0.15) is 0 Å². The van der Waals surface area contributed by atoms with Crippen molar-refractivity contribution in [3.63, 3.8) is 0 Å². The third-order valence-electron chi connectivity index (χ3n) is 6.28. The molecule has 0 saturated heterocycles. The van der Waals surface area contributed by atoms with Crippen LogP contribution in [0.5, 0.6) is 0 Å². The third-order valence-corrected chi connectivity index (χ3v) is 6.28. The number of hydrogen-bond donors (Lipinski definition) is 0. The van der Waals surface area contributed by atoms with Crippen LogP contribution in [0.25, 0.3) is 0 Å². The summed E-state index contributed by atoms with van der Waals surface area (Å²) < 4.78 is 5.76. The summed E-state index contributed by atoms with van der Waals surface area (Å²) in [6.07, 6.45) is 3.14. The van der Waals surface area contributed by atoms with Gasteiger partial charge >= 0.3 is 5.97 Å². The average molecular weight is 303 g/mol. The molecule has 0 aromatic heterocycles. The molecule has 2 saturated carbocycles. The Morgan fingerprint density at radius 3 is 2.36 bits per heavy atom. The van der Waals surface area contributed by atoms with Crippen molar-refractivity contribution >= 4 is 11.7 Å². The molecule has 5 nitrogen and oxygen atoms in total. The number of hydrogen-bond acceptors (Lipinski definition) is 4. The first-order chi connectivity index (χ1) is 10.3. The van der Waals surface area contributed by atoms with E-state index in [9.17, 15) is 14.9 Å². The zero-order chi connectivity index (χ0) is 16.1. The van der Waals surface area contributed by atoms with E-state index in [2.05, 4.69) is 20.8 Å². The van der Waals surface area contributed by atoms with E-state index >= 15 is 0 Å². The highest BCUT2D eigenvalue weighted by atomic mass is 16.6. The van der Waals surface area contributed by atoms with Crippen molar-refractivity contribution in [2.45, 2.75) is 46.1 Å². The van der Waals surface area contributed by atoms with Crippen LogP contribution in [-0.2, 0) is 4.74 Å². The van der Waals surface area contributed by atoms with Crippen LogP contribution in [0.1, 0.15) is 50.4 Å². The molecule has 3 rings (SSSR count). The van der Waals surface area contributed by atoms with Gasteiger partial charge in [-0.3, -0.25) is 10.1 Å². The van der Waals surface area contributed by atoms with E-state index < -0.39 is 4.92 Å². The fourth-order valence-corrected chi connectivity index (χ4v) is 4.22. The number of benzene rings is 1. The number of non-ortho nitro benzene ring substituents is 1. The first kappa shape index (κ1) is 15.0. The molecule has 0 unspecified atom stereocenters. The van der Waals surface area contributed by atoms with Crippen LogP contribution in [0.15, 0.2) is 24.3 Å². The lowest BCUT2D eigenvalue weighted by molar-refractivity contribution is -0.384. The number of carbonyl (C=O) groups excluding carboxylic acids is 1. The van der Waals surface area contributed by atoms with Gasteiger partial charge < -0.3 is 4.74 Å². The Bertz CT molecular complexity index is 622. The van der Waals surface area contributed by atoms with Crippen LogP contribution in [-0.4, -0.2) is 17.0 Å². The number of carbonyl (C=O) groups is 1. The Morgan fingerprint density at radius 1 is 1.27 bits per heavy atom. The van der Waals surface area contributed by atoms with Crippen LogP contribution < -0.4 is 0 Å². The molecule has 1 aromatic rings. The number of fused-ring (bicyclic) bond motifs is 2. The van der Waals surface area contributed by atoms with Gasteiger partial charge in [-0.05, 0) is 42.7 Å². The van der Waals surface area contributed by atoms with E-state index in [0.717, 1.165) is 12.8 Å². The van der Waals surface area contributed by atoms with Gasteiger partial charge in [0.05, 0.1) is 10.5 Å². The Morgan fingerprint density at radius 2 is 1.91 bits per heavy atom. The molecule has 5 heteroatoms. The summed E-state index contributed by atoms with van der Waals surface area (Å²) in [7, 11) is 0. The minimum Gasteiger partial charge on any atom is -0.458 e. The fourth-order valence-electron chi connectivity index (χ4n) is 4.22. The maximum absolute atomic E-state index is 12.3. The fraction of sp³-hybridized carbons (Fsp3) is 0.588. The highest BCUT2D eigenvalue weighted by molar-refractivity contribution is 5.89. The molecular formula is C17H21NO4. The van der Waals surface area contributed by atoms with Gasteiger partial charge in [-0.1, -0.05) is 20.8 Å². The first-order valence-corrected chi connectivity index (χ1v) is 7.71. The van der Waals surface area contributed by atoms with Crippen molar-refractivity contribution in [3.8, 4) is 0 Å². The lowest BCUT2D eigenvalue weighted by Gasteiger charge is -2.38. The molecule has 0 aliphatic heterocycles. The highest BCUT2D eigenvalue weighted by Gasteiger charge is 2.62. The van der Waals surface area contributed by atoms with Crippen molar-refractivity contribution in [1.82, 2.24) is 0 Å². The standard InChI is InChI=1S/C17H21NO4/c1-16(2)12-8-9-17(16,3)14(10-12)22-15(19)11-4-6-13(7-5-11)18(20)21/h4-7,12,14H,8-10H2,1-3H3/t12-,14+,17-/m1/s1. The second-order valence-electron chi connectivity index (χ2n) is 7.31. The topological polar surface area (TPSA) is 69.4 Å². The molecule has 2 bridgehead atoms. The number of rotatable bonds is 3. The largest absolute Gasteiger partial charge is 0.458 e. The average Bonchev–Trinajstić information content (AvgIpc) is 2.80. The smallest absolute Gasteiger partial charge is 0.338 e. The molecule has 2 fully saturated rings. The summed E-state index contributed by atoms with van der Waals surface area (Å²) in [5, 5.41) is 10.7. The van der Waals surface area contributed by atoms with Crippen molar-refractivity contribution in [2.75, 3.05) is 0 Å². The quantitative estimate of drug-likeness (QED) is 0.481. The van der Waals surface area contributed by atoms with Crippen LogP contribution in [0.2, 0.25) is 0 Å². The second kappa shape index (κ2) is 4.80. The van der Waals surface area contributed by atoms with Crippen molar-refractivity contribution in [2.24, 2.45) is 16.7 Å². The lowest BCUT2D eigenvalue weighted by Crippen LogP contribution is -2.38. The Labute approximate surface area is 129 Å². The third kappa shape index (κ3) is 2.02. The second-order valence-corrected chi connectivity index (χ2v) is 7.31. The minimum absolute atomic E-state index is 0.0219. The van der Waals surface area contributed by atoms with Gasteiger partial charge in [0, 0.05) is 17.5 Å². The van der Waals surface area contributed by atoms with Crippen molar-refractivity contribution in [1.29, 1.82) is 0 Å². The zero-order valence-corrected chi connectivity index (χ0v) is 13.2. The predicted molar refractivity (Wildman–Crippen MR) is 81.5 cm³/mol. The van der Waals surface area contributed by atoms with Gasteiger partial charge in [0.15, 0.2) is 0 Å². The summed E-state index contributed by atoms with van der Waals surface area (Å²) in [5.41, 5.74) is 0.556. The molecule has 0 radical (unpaired) electrons. The molecule has 2 aliphatic rings. The van der Waals surface area contributed by atoms with E-state index in [1.165, 1.54) is 30.7 Å². The van der Waals surface area contributed by atoms with Crippen LogP contribution in [0.4, 0.5) is 5.69 Å². The van der Waals surface area contributed by atoms with E-state index in [0.29, 0.717) is 11.5 Å². The summed E-state index contributed by atoms with van der Waals surface area (Å²) in [6, 6.07) is 5.59. The van der Waals surface area contributed by atoms with Gasteiger partial charge in [0.1, 0.15) is 6.10 Å². The van der Waals surface area contributed by atoms with Gasteiger partial charge in [-0.25, -0.2) is 4.79 Å². The Hall–Kier alpha value is -1.91. The molecule has 22 heavy (non-hydrogen) atoms. The van der Waals surface area contributed by atoms with Gasteiger partial charge in [0.2, 0.25) is 0 Å². The first-order valence-electron chi connectivity index (χ1n) is 7.71. The van der Waals surface area contributed by atoms with E-state index in [1.54, 1.807) is 0 Å². The number of nitrogens with zero attached hydrogens (tertiary/aromatic N) is 1. The van der Waals surface area contributed by atoms with Crippen molar-refractivity contribution < 1.29 is 14.5 Å². The van der Waals surface area contributed by atoms with E-state index in [4.69, 9.17) is 4.74 Å². The van der Waals surface area contributed by atoms with Gasteiger partial charge in [0.25, 0.3) is 5.69 Å². The van der Waals surface area contributed by atoms with Crippen LogP contribution in [0, 0.1) is 26.9 Å². The molecule has 0 amide bonds. The maximum Gasteiger partial charge on any atom is 0.338 e. The molecule has 0 spiro atoms. The molecule has 0 heterocycles. The zero-order valence-electron chi connectivity index (χ0n) is 13.2. The number of nitro groups is 1. The minimum atomic E-state index is -0.478. The molecule has 1 aromatic carbocycles. The van der Waals surface area contributed by atoms with E-state index in [-0.39, 0.29) is 28.6 Å². The molecule has 118 valence electrons. The Balaban J connectivity index is 1.74. The highest BCUT2D eigenvalue weighted by Crippen LogP contribution is 2.66. The monoisotopic (exact) mass is 303 g/mol. The summed E-state index contributed by atoms with van der Waals surface area (Å²) in [6.45, 7) is 6.75. The number of esters is 1. The number of nitro benzene ring substituents is 1. The van der Waals surface area contributed by atoms with E-state index in [1.807, 2.05) is 0 Å². The molecule has 3 atom stereocenters. The van der Waals surface area contributed by atoms with Gasteiger partial charge in [-0.15, -0.1) is 0 Å². The maximum atomic E-state index is 12.3. The summed E-state index contributed by atoms with van der Waals surface area (Å²) >= 11 is 0. The molecule has 2 aliphatic carbocycles.